The highest BCUT2D eigenvalue weighted by atomic mass is 32.1. The fourth-order valence-electron chi connectivity index (χ4n) is 2.67. The Balaban J connectivity index is 1.50. The molecule has 3 aromatic rings. The zero-order valence-corrected chi connectivity index (χ0v) is 15.9. The number of thiophene rings is 1. The Hall–Kier alpha value is -2.67. The molecule has 0 radical (unpaired) electrons. The standard InChI is InChI=1S/C19H24N6S/c1-15(18-7-4-8-26-18)10-22-19(20-2)23-11-16-5-3-6-17(9-16)12-25-14-21-13-24-25/h3-9,13-15H,10-12H2,1-2H3,(H2,20,22,23). The molecule has 0 fully saturated rings. The van der Waals surface area contributed by atoms with Gasteiger partial charge in [-0.15, -0.1) is 11.3 Å². The summed E-state index contributed by atoms with van der Waals surface area (Å²) in [5, 5.41) is 13.1. The summed E-state index contributed by atoms with van der Waals surface area (Å²) in [5.74, 6) is 1.27. The van der Waals surface area contributed by atoms with Crippen molar-refractivity contribution in [3.8, 4) is 0 Å². The van der Waals surface area contributed by atoms with Crippen molar-refractivity contribution in [2.45, 2.75) is 25.9 Å². The van der Waals surface area contributed by atoms with Crippen LogP contribution in [-0.2, 0) is 13.1 Å². The third-order valence-corrected chi connectivity index (χ3v) is 5.19. The molecule has 0 aliphatic rings. The van der Waals surface area contributed by atoms with Gasteiger partial charge >= 0.3 is 0 Å². The van der Waals surface area contributed by atoms with E-state index in [-0.39, 0.29) is 0 Å². The molecular formula is C19H24N6S. The molecule has 0 bridgehead atoms. The predicted molar refractivity (Wildman–Crippen MR) is 107 cm³/mol. The van der Waals surface area contributed by atoms with Gasteiger partial charge in [-0.25, -0.2) is 9.67 Å². The molecule has 1 aromatic carbocycles. The van der Waals surface area contributed by atoms with Gasteiger partial charge in [0.1, 0.15) is 12.7 Å². The highest BCUT2D eigenvalue weighted by Gasteiger charge is 2.07. The molecule has 2 N–H and O–H groups in total. The van der Waals surface area contributed by atoms with Gasteiger partial charge in [-0.3, -0.25) is 4.99 Å². The third kappa shape index (κ3) is 5.16. The second kappa shape index (κ2) is 9.15. The summed E-state index contributed by atoms with van der Waals surface area (Å²) in [7, 11) is 1.80. The second-order valence-electron chi connectivity index (χ2n) is 6.14. The van der Waals surface area contributed by atoms with E-state index < -0.39 is 0 Å². The first-order valence-corrected chi connectivity index (χ1v) is 9.50. The van der Waals surface area contributed by atoms with E-state index in [0.29, 0.717) is 5.92 Å². The molecule has 0 aliphatic heterocycles. The number of nitrogens with one attached hydrogen (secondary N) is 2. The van der Waals surface area contributed by atoms with Crippen molar-refractivity contribution in [2.75, 3.05) is 13.6 Å². The summed E-state index contributed by atoms with van der Waals surface area (Å²) >= 11 is 1.79. The predicted octanol–water partition coefficient (Wildman–Crippen LogP) is 2.86. The van der Waals surface area contributed by atoms with Crippen molar-refractivity contribution in [1.29, 1.82) is 0 Å². The second-order valence-corrected chi connectivity index (χ2v) is 7.12. The number of rotatable bonds is 7. The summed E-state index contributed by atoms with van der Waals surface area (Å²) in [6.45, 7) is 4.52. The van der Waals surface area contributed by atoms with Crippen molar-refractivity contribution < 1.29 is 0 Å². The molecule has 0 spiro atoms. The molecule has 26 heavy (non-hydrogen) atoms. The minimum Gasteiger partial charge on any atom is -0.356 e. The SMILES string of the molecule is CN=C(NCc1cccc(Cn2cncn2)c1)NCC(C)c1cccs1. The Bertz CT molecular complexity index is 810. The van der Waals surface area contributed by atoms with E-state index >= 15 is 0 Å². The van der Waals surface area contributed by atoms with E-state index in [0.717, 1.165) is 25.6 Å². The van der Waals surface area contributed by atoms with Crippen LogP contribution in [0.1, 0.15) is 28.8 Å². The fraction of sp³-hybridized carbons (Fsp3) is 0.316. The molecule has 6 nitrogen and oxygen atoms in total. The highest BCUT2D eigenvalue weighted by Crippen LogP contribution is 2.19. The lowest BCUT2D eigenvalue weighted by Crippen LogP contribution is -2.38. The molecule has 0 saturated carbocycles. The lowest BCUT2D eigenvalue weighted by Gasteiger charge is -2.15. The first-order valence-electron chi connectivity index (χ1n) is 8.62. The van der Waals surface area contributed by atoms with Crippen LogP contribution in [0.5, 0.6) is 0 Å². The first kappa shape index (κ1) is 18.1. The van der Waals surface area contributed by atoms with Crippen molar-refractivity contribution >= 4 is 17.3 Å². The minimum atomic E-state index is 0.458. The molecule has 7 heteroatoms. The fourth-order valence-corrected chi connectivity index (χ4v) is 3.45. The monoisotopic (exact) mass is 368 g/mol. The van der Waals surface area contributed by atoms with Crippen molar-refractivity contribution in [3.63, 3.8) is 0 Å². The van der Waals surface area contributed by atoms with Gasteiger partial charge in [0.2, 0.25) is 0 Å². The van der Waals surface area contributed by atoms with E-state index in [1.165, 1.54) is 16.0 Å². The summed E-state index contributed by atoms with van der Waals surface area (Å²) in [4.78, 5) is 9.68. The molecule has 0 aliphatic carbocycles. The Morgan fingerprint density at radius 3 is 2.85 bits per heavy atom. The van der Waals surface area contributed by atoms with Crippen molar-refractivity contribution in [1.82, 2.24) is 25.4 Å². The zero-order chi connectivity index (χ0) is 18.2. The molecule has 3 rings (SSSR count). The van der Waals surface area contributed by atoms with Crippen molar-refractivity contribution in [3.05, 3.63) is 70.4 Å². The Morgan fingerprint density at radius 2 is 2.12 bits per heavy atom. The van der Waals surface area contributed by atoms with Crippen LogP contribution >= 0.6 is 11.3 Å². The molecule has 1 unspecified atom stereocenters. The Kier molecular flexibility index (Phi) is 6.38. The molecule has 0 amide bonds. The molecule has 136 valence electrons. The number of aliphatic imine (C=N–C) groups is 1. The normalized spacial score (nSPS) is 12.8. The topological polar surface area (TPSA) is 67.1 Å². The van der Waals surface area contributed by atoms with E-state index in [4.69, 9.17) is 0 Å². The van der Waals surface area contributed by atoms with Gasteiger partial charge in [-0.05, 0) is 22.6 Å². The summed E-state index contributed by atoms with van der Waals surface area (Å²) in [6, 6.07) is 12.7. The lowest BCUT2D eigenvalue weighted by molar-refractivity contribution is 0.683. The number of hydrogen-bond donors (Lipinski definition) is 2. The number of aromatic nitrogens is 3. The summed E-state index contributed by atoms with van der Waals surface area (Å²) in [5.41, 5.74) is 2.40. The van der Waals surface area contributed by atoms with Crippen LogP contribution in [0.25, 0.3) is 0 Å². The number of guanidine groups is 1. The van der Waals surface area contributed by atoms with Gasteiger partial charge in [-0.2, -0.15) is 5.10 Å². The average molecular weight is 369 g/mol. The van der Waals surface area contributed by atoms with E-state index in [1.807, 2.05) is 4.68 Å². The van der Waals surface area contributed by atoms with Crippen LogP contribution in [0, 0.1) is 0 Å². The van der Waals surface area contributed by atoms with Crippen molar-refractivity contribution in [2.24, 2.45) is 4.99 Å². The number of benzene rings is 1. The Morgan fingerprint density at radius 1 is 1.23 bits per heavy atom. The maximum atomic E-state index is 4.32. The maximum Gasteiger partial charge on any atom is 0.191 e. The van der Waals surface area contributed by atoms with Gasteiger partial charge in [0.25, 0.3) is 0 Å². The van der Waals surface area contributed by atoms with Crippen LogP contribution < -0.4 is 10.6 Å². The van der Waals surface area contributed by atoms with Crippen LogP contribution in [0.3, 0.4) is 0 Å². The molecular weight excluding hydrogens is 344 g/mol. The lowest BCUT2D eigenvalue weighted by atomic mass is 10.1. The van der Waals surface area contributed by atoms with Crippen LogP contribution in [0.4, 0.5) is 0 Å². The number of nitrogens with zero attached hydrogens (tertiary/aromatic N) is 4. The molecule has 2 heterocycles. The van der Waals surface area contributed by atoms with E-state index in [9.17, 15) is 0 Å². The van der Waals surface area contributed by atoms with E-state index in [1.54, 1.807) is 31.0 Å². The van der Waals surface area contributed by atoms with Gasteiger partial charge in [0.15, 0.2) is 5.96 Å². The van der Waals surface area contributed by atoms with Crippen LogP contribution in [0.2, 0.25) is 0 Å². The number of hydrogen-bond acceptors (Lipinski definition) is 4. The van der Waals surface area contributed by atoms with Gasteiger partial charge in [0.05, 0.1) is 6.54 Å². The molecule has 1 atom stereocenters. The minimum absolute atomic E-state index is 0.458. The summed E-state index contributed by atoms with van der Waals surface area (Å²) in [6.07, 6.45) is 3.28. The average Bonchev–Trinajstić information content (AvgIpc) is 3.36. The molecule has 2 aromatic heterocycles. The third-order valence-electron chi connectivity index (χ3n) is 4.09. The smallest absolute Gasteiger partial charge is 0.191 e. The summed E-state index contributed by atoms with van der Waals surface area (Å²) < 4.78 is 1.82. The van der Waals surface area contributed by atoms with E-state index in [2.05, 4.69) is 74.4 Å². The maximum absolute atomic E-state index is 4.32. The first-order chi connectivity index (χ1) is 12.7. The Labute approximate surface area is 158 Å². The van der Waals surface area contributed by atoms with Crippen LogP contribution in [0.15, 0.2) is 59.4 Å². The van der Waals surface area contributed by atoms with Gasteiger partial charge in [-0.1, -0.05) is 37.3 Å². The van der Waals surface area contributed by atoms with Gasteiger partial charge < -0.3 is 10.6 Å². The van der Waals surface area contributed by atoms with Crippen LogP contribution in [-0.4, -0.2) is 34.3 Å². The molecule has 0 saturated heterocycles. The van der Waals surface area contributed by atoms with Gasteiger partial charge in [0, 0.05) is 30.9 Å². The largest absolute Gasteiger partial charge is 0.356 e. The highest BCUT2D eigenvalue weighted by molar-refractivity contribution is 7.10. The quantitative estimate of drug-likeness (QED) is 0.497. The zero-order valence-electron chi connectivity index (χ0n) is 15.1.